The van der Waals surface area contributed by atoms with Crippen molar-refractivity contribution in [3.05, 3.63) is 36.0 Å². The van der Waals surface area contributed by atoms with Crippen LogP contribution in [0.15, 0.2) is 29.0 Å². The Kier molecular flexibility index (Phi) is 4.01. The number of hydrogen-bond acceptors (Lipinski definition) is 5. The van der Waals surface area contributed by atoms with Crippen LogP contribution in [-0.2, 0) is 24.4 Å². The molecule has 7 nitrogen and oxygen atoms in total. The molecule has 1 aliphatic carbocycles. The summed E-state index contributed by atoms with van der Waals surface area (Å²) in [7, 11) is 1.75. The van der Waals surface area contributed by atoms with Gasteiger partial charge in [-0.3, -0.25) is 4.79 Å². The molecule has 1 fully saturated rings. The smallest absolute Gasteiger partial charge is 0.244 e. The maximum absolute atomic E-state index is 12.1. The molecule has 2 aromatic rings. The number of carbonyl (C=O) groups is 1. The normalized spacial score (nSPS) is 14.3. The summed E-state index contributed by atoms with van der Waals surface area (Å²) in [5.41, 5.74) is 0.864. The molecule has 112 valence electrons. The second-order valence-corrected chi connectivity index (χ2v) is 5.39. The molecule has 0 aliphatic heterocycles. The van der Waals surface area contributed by atoms with E-state index in [0.717, 1.165) is 11.5 Å². The summed E-state index contributed by atoms with van der Waals surface area (Å²) in [5, 5.41) is 11.4. The first-order valence-electron chi connectivity index (χ1n) is 7.09. The fourth-order valence-corrected chi connectivity index (χ4v) is 2.02. The molecular weight excluding hydrogens is 270 g/mol. The van der Waals surface area contributed by atoms with Gasteiger partial charge in [-0.05, 0) is 25.0 Å². The molecule has 3 rings (SSSR count). The lowest BCUT2D eigenvalue weighted by Gasteiger charge is -2.15. The molecule has 1 aliphatic rings. The molecule has 21 heavy (non-hydrogen) atoms. The Morgan fingerprint density at radius 1 is 1.57 bits per heavy atom. The highest BCUT2D eigenvalue weighted by molar-refractivity contribution is 5.75. The number of furan rings is 1. The number of likely N-dealkylation sites (N-methyl/N-ethyl adjacent to an activating group) is 1. The van der Waals surface area contributed by atoms with Gasteiger partial charge in [0.05, 0.1) is 24.7 Å². The summed E-state index contributed by atoms with van der Waals surface area (Å²) < 4.78 is 6.81. The van der Waals surface area contributed by atoms with Gasteiger partial charge in [-0.15, -0.1) is 5.10 Å². The number of carbonyl (C=O) groups excluding carboxylic acids is 1. The van der Waals surface area contributed by atoms with Crippen molar-refractivity contribution in [2.24, 2.45) is 0 Å². The topological polar surface area (TPSA) is 76.2 Å². The van der Waals surface area contributed by atoms with Gasteiger partial charge >= 0.3 is 0 Å². The van der Waals surface area contributed by atoms with Crippen LogP contribution < -0.4 is 5.32 Å². The van der Waals surface area contributed by atoms with Crippen LogP contribution in [0.25, 0.3) is 0 Å². The monoisotopic (exact) mass is 289 g/mol. The Morgan fingerprint density at radius 3 is 3.14 bits per heavy atom. The SMILES string of the molecule is CN(Cc1ccco1)C(=O)Cn1cc(CNC2CC2)nn1. The average Bonchev–Trinajstić information content (AvgIpc) is 2.96. The first-order valence-corrected chi connectivity index (χ1v) is 7.09. The summed E-state index contributed by atoms with van der Waals surface area (Å²) in [5.74, 6) is 0.733. The van der Waals surface area contributed by atoms with Crippen molar-refractivity contribution in [1.82, 2.24) is 25.2 Å². The number of hydrogen-bond donors (Lipinski definition) is 1. The molecule has 0 radical (unpaired) electrons. The lowest BCUT2D eigenvalue weighted by atomic mass is 10.4. The van der Waals surface area contributed by atoms with Gasteiger partial charge in [0.2, 0.25) is 5.91 Å². The van der Waals surface area contributed by atoms with Crippen molar-refractivity contribution < 1.29 is 9.21 Å². The van der Waals surface area contributed by atoms with Crippen LogP contribution in [0, 0.1) is 0 Å². The Hall–Kier alpha value is -2.15. The lowest BCUT2D eigenvalue weighted by molar-refractivity contribution is -0.131. The maximum Gasteiger partial charge on any atom is 0.244 e. The zero-order valence-electron chi connectivity index (χ0n) is 12.0. The summed E-state index contributed by atoms with van der Waals surface area (Å²) in [6, 6.07) is 4.29. The van der Waals surface area contributed by atoms with Crippen LogP contribution >= 0.6 is 0 Å². The second-order valence-electron chi connectivity index (χ2n) is 5.39. The second kappa shape index (κ2) is 6.09. The van der Waals surface area contributed by atoms with E-state index in [1.807, 2.05) is 18.3 Å². The molecular formula is C14H19N5O2. The Labute approximate surface area is 122 Å². The Bertz CT molecular complexity index is 588. The summed E-state index contributed by atoms with van der Waals surface area (Å²) in [6.07, 6.45) is 5.90. The largest absolute Gasteiger partial charge is 0.467 e. The minimum atomic E-state index is -0.0296. The van der Waals surface area contributed by atoms with Crippen molar-refractivity contribution in [1.29, 1.82) is 0 Å². The molecule has 1 saturated carbocycles. The fraction of sp³-hybridized carbons (Fsp3) is 0.500. The van der Waals surface area contributed by atoms with Crippen LogP contribution in [0.4, 0.5) is 0 Å². The minimum Gasteiger partial charge on any atom is -0.467 e. The van der Waals surface area contributed by atoms with Gasteiger partial charge in [-0.1, -0.05) is 5.21 Å². The van der Waals surface area contributed by atoms with E-state index in [1.165, 1.54) is 12.8 Å². The molecule has 0 aromatic carbocycles. The van der Waals surface area contributed by atoms with E-state index in [2.05, 4.69) is 15.6 Å². The molecule has 7 heteroatoms. The maximum atomic E-state index is 12.1. The van der Waals surface area contributed by atoms with Gasteiger partial charge < -0.3 is 14.6 Å². The van der Waals surface area contributed by atoms with E-state index < -0.39 is 0 Å². The van der Waals surface area contributed by atoms with Crippen LogP contribution in [-0.4, -0.2) is 38.9 Å². The van der Waals surface area contributed by atoms with Crippen LogP contribution in [0.2, 0.25) is 0 Å². The third-order valence-electron chi connectivity index (χ3n) is 3.43. The van der Waals surface area contributed by atoms with Crippen molar-refractivity contribution in [2.75, 3.05) is 7.05 Å². The lowest BCUT2D eigenvalue weighted by Crippen LogP contribution is -2.29. The van der Waals surface area contributed by atoms with Gasteiger partial charge in [0.25, 0.3) is 0 Å². The highest BCUT2D eigenvalue weighted by Crippen LogP contribution is 2.18. The van der Waals surface area contributed by atoms with Gasteiger partial charge in [0, 0.05) is 19.6 Å². The van der Waals surface area contributed by atoms with E-state index in [4.69, 9.17) is 4.42 Å². The predicted molar refractivity (Wildman–Crippen MR) is 75.1 cm³/mol. The van der Waals surface area contributed by atoms with E-state index in [-0.39, 0.29) is 12.5 Å². The number of nitrogens with one attached hydrogen (secondary N) is 1. The standard InChI is InChI=1S/C14H19N5O2/c1-18(9-13-3-2-6-21-13)14(20)10-19-8-12(16-17-19)7-15-11-4-5-11/h2-3,6,8,11,15H,4-5,7,9-10H2,1H3. The first kappa shape index (κ1) is 13.8. The summed E-state index contributed by atoms with van der Waals surface area (Å²) in [6.45, 7) is 1.35. The molecule has 0 atom stereocenters. The number of amides is 1. The van der Waals surface area contributed by atoms with E-state index in [1.54, 1.807) is 22.9 Å². The Morgan fingerprint density at radius 2 is 2.43 bits per heavy atom. The van der Waals surface area contributed by atoms with Gasteiger partial charge in [0.1, 0.15) is 12.3 Å². The Balaban J connectivity index is 1.49. The van der Waals surface area contributed by atoms with Crippen LogP contribution in [0.5, 0.6) is 0 Å². The molecule has 0 unspecified atom stereocenters. The van der Waals surface area contributed by atoms with E-state index in [9.17, 15) is 4.79 Å². The van der Waals surface area contributed by atoms with E-state index in [0.29, 0.717) is 19.1 Å². The van der Waals surface area contributed by atoms with E-state index >= 15 is 0 Å². The first-order chi connectivity index (χ1) is 10.2. The van der Waals surface area contributed by atoms with Crippen LogP contribution in [0.1, 0.15) is 24.3 Å². The predicted octanol–water partition coefficient (Wildman–Crippen LogP) is 0.782. The molecule has 0 saturated heterocycles. The van der Waals surface area contributed by atoms with Crippen molar-refractivity contribution >= 4 is 5.91 Å². The summed E-state index contributed by atoms with van der Waals surface area (Å²) in [4.78, 5) is 13.7. The third kappa shape index (κ3) is 3.91. The molecule has 1 amide bonds. The van der Waals surface area contributed by atoms with Crippen molar-refractivity contribution in [3.63, 3.8) is 0 Å². The van der Waals surface area contributed by atoms with Crippen molar-refractivity contribution in [3.8, 4) is 0 Å². The quantitative estimate of drug-likeness (QED) is 0.815. The third-order valence-corrected chi connectivity index (χ3v) is 3.43. The highest BCUT2D eigenvalue weighted by Gasteiger charge is 2.20. The number of rotatable bonds is 7. The highest BCUT2D eigenvalue weighted by atomic mass is 16.3. The minimum absolute atomic E-state index is 0.0296. The van der Waals surface area contributed by atoms with Crippen LogP contribution in [0.3, 0.4) is 0 Å². The molecule has 1 N–H and O–H groups in total. The average molecular weight is 289 g/mol. The zero-order chi connectivity index (χ0) is 14.7. The zero-order valence-corrected chi connectivity index (χ0v) is 12.0. The number of nitrogens with zero attached hydrogens (tertiary/aromatic N) is 4. The van der Waals surface area contributed by atoms with Gasteiger partial charge in [-0.2, -0.15) is 0 Å². The summed E-state index contributed by atoms with van der Waals surface area (Å²) >= 11 is 0. The number of aromatic nitrogens is 3. The van der Waals surface area contributed by atoms with Crippen molar-refractivity contribution in [2.45, 2.75) is 38.5 Å². The van der Waals surface area contributed by atoms with Gasteiger partial charge in [-0.25, -0.2) is 4.68 Å². The molecule has 0 bridgehead atoms. The molecule has 2 aromatic heterocycles. The van der Waals surface area contributed by atoms with Gasteiger partial charge in [0.15, 0.2) is 0 Å². The molecule has 0 spiro atoms. The molecule has 2 heterocycles. The fourth-order valence-electron chi connectivity index (χ4n) is 2.02.